The van der Waals surface area contributed by atoms with Crippen molar-refractivity contribution in [2.24, 2.45) is 5.73 Å². The van der Waals surface area contributed by atoms with Crippen LogP contribution in [0.3, 0.4) is 0 Å². The van der Waals surface area contributed by atoms with Gasteiger partial charge in [0.05, 0.1) is 18.1 Å². The Kier molecular flexibility index (Phi) is 8.66. The Morgan fingerprint density at radius 1 is 1.00 bits per heavy atom. The molecule has 30 heavy (non-hydrogen) atoms. The second-order valence-electron chi connectivity index (χ2n) is 5.84. The summed E-state index contributed by atoms with van der Waals surface area (Å²) in [5.74, 6) is -0.0134. The topological polar surface area (TPSA) is 153 Å². The van der Waals surface area contributed by atoms with Crippen LogP contribution in [-0.2, 0) is 10.9 Å². The quantitative estimate of drug-likeness (QED) is 0.292. The van der Waals surface area contributed by atoms with Gasteiger partial charge >= 0.3 is 6.03 Å². The number of nitrogen functional groups attached to an aromatic ring is 1. The number of primary amides is 1. The van der Waals surface area contributed by atoms with Gasteiger partial charge in [-0.25, -0.2) is 27.3 Å². The number of hydrogen-bond acceptors (Lipinski definition) is 6. The lowest BCUT2D eigenvalue weighted by Crippen LogP contribution is -2.34. The van der Waals surface area contributed by atoms with E-state index in [1.54, 1.807) is 6.07 Å². The number of amides is 2. The number of anilines is 1. The zero-order chi connectivity index (χ0) is 21.9. The summed E-state index contributed by atoms with van der Waals surface area (Å²) < 4.78 is 36.0. The van der Waals surface area contributed by atoms with Crippen LogP contribution in [0.2, 0.25) is 0 Å². The van der Waals surface area contributed by atoms with Crippen molar-refractivity contribution in [3.05, 3.63) is 66.7 Å². The average molecular weight is 432 g/mol. The summed E-state index contributed by atoms with van der Waals surface area (Å²) in [5, 5.41) is 2.21. The fourth-order valence-electron chi connectivity index (χ4n) is 2.34. The Hall–Kier alpha value is -3.57. The maximum absolute atomic E-state index is 14.2. The minimum Gasteiger partial charge on any atom is -0.382 e. The molecule has 0 unspecified atom stereocenters. The number of benzene rings is 2. The third-order valence-electron chi connectivity index (χ3n) is 3.69. The van der Waals surface area contributed by atoms with Gasteiger partial charge in [0.15, 0.2) is 0 Å². The van der Waals surface area contributed by atoms with Crippen LogP contribution >= 0.6 is 0 Å². The summed E-state index contributed by atoms with van der Waals surface area (Å²) in [5.41, 5.74) is 12.8. The lowest BCUT2D eigenvalue weighted by atomic mass is 10.0. The molecule has 0 spiro atoms. The van der Waals surface area contributed by atoms with Crippen LogP contribution in [0.5, 0.6) is 0 Å². The summed E-state index contributed by atoms with van der Waals surface area (Å²) in [6.07, 6.45) is 2.88. The number of thiol groups is 1. The van der Waals surface area contributed by atoms with Crippen molar-refractivity contribution in [1.82, 2.24) is 20.0 Å². The molecule has 3 rings (SSSR count). The molecule has 3 aromatic rings. The third kappa shape index (κ3) is 7.45. The second-order valence-corrected chi connectivity index (χ2v) is 6.67. The average Bonchev–Trinajstić information content (AvgIpc) is 2.73. The van der Waals surface area contributed by atoms with E-state index in [0.717, 1.165) is 11.1 Å². The number of rotatable bonds is 6. The van der Waals surface area contributed by atoms with E-state index in [1.165, 1.54) is 18.5 Å². The van der Waals surface area contributed by atoms with Crippen LogP contribution in [0.15, 0.2) is 60.9 Å². The molecule has 0 aliphatic rings. The molecule has 0 atom stereocenters. The van der Waals surface area contributed by atoms with E-state index in [2.05, 4.69) is 25.7 Å². The highest BCUT2D eigenvalue weighted by Gasteiger charge is 2.08. The van der Waals surface area contributed by atoms with E-state index in [9.17, 15) is 17.6 Å². The van der Waals surface area contributed by atoms with Gasteiger partial charge in [-0.1, -0.05) is 36.4 Å². The Balaban J connectivity index is 0.000000274. The van der Waals surface area contributed by atoms with Crippen molar-refractivity contribution in [2.75, 3.05) is 18.8 Å². The summed E-state index contributed by atoms with van der Waals surface area (Å²) in [7, 11) is -2.57. The number of aromatic nitrogens is 2. The first-order valence-corrected chi connectivity index (χ1v) is 9.88. The molecule has 0 saturated heterocycles. The van der Waals surface area contributed by atoms with Gasteiger partial charge in [-0.2, -0.15) is 0 Å². The van der Waals surface area contributed by atoms with Crippen LogP contribution in [0.1, 0.15) is 0 Å². The molecule has 6 N–H and O–H groups in total. The first-order valence-electron chi connectivity index (χ1n) is 8.71. The Morgan fingerprint density at radius 2 is 1.73 bits per heavy atom. The maximum Gasteiger partial charge on any atom is 0.312 e. The Morgan fingerprint density at radius 3 is 2.30 bits per heavy atom. The monoisotopic (exact) mass is 432 g/mol. The fourth-order valence-corrected chi connectivity index (χ4v) is 2.64. The largest absolute Gasteiger partial charge is 0.382 e. The minimum absolute atomic E-state index is 0.168. The molecule has 1 heterocycles. The summed E-state index contributed by atoms with van der Waals surface area (Å²) in [6, 6.07) is 14.1. The van der Waals surface area contributed by atoms with Crippen LogP contribution in [-0.4, -0.2) is 37.5 Å². The Bertz CT molecular complexity index is 1040. The van der Waals surface area contributed by atoms with E-state index >= 15 is 0 Å². The number of urea groups is 1. The molecule has 158 valence electrons. The zero-order valence-corrected chi connectivity index (χ0v) is 16.7. The van der Waals surface area contributed by atoms with Crippen molar-refractivity contribution in [2.45, 2.75) is 0 Å². The molecule has 11 heteroatoms. The predicted octanol–water partition coefficient (Wildman–Crippen LogP) is 1.30. The molecule has 0 fully saturated rings. The second kappa shape index (κ2) is 11.4. The number of hydrogen-bond donors (Lipinski definition) is 5. The van der Waals surface area contributed by atoms with Gasteiger partial charge in [-0.3, -0.25) is 4.98 Å². The number of nitrogens with two attached hydrogens (primary N) is 2. The molecule has 0 aliphatic heterocycles. The molecule has 0 radical (unpaired) electrons. The normalized spacial score (nSPS) is 10.2. The molecule has 9 nitrogen and oxygen atoms in total. The smallest absolute Gasteiger partial charge is 0.312 e. The van der Waals surface area contributed by atoms with Crippen LogP contribution in [0.4, 0.5) is 15.0 Å². The highest BCUT2D eigenvalue weighted by atomic mass is 32.2. The van der Waals surface area contributed by atoms with E-state index in [0.29, 0.717) is 17.1 Å². The highest BCUT2D eigenvalue weighted by molar-refractivity contribution is 7.70. The van der Waals surface area contributed by atoms with Crippen molar-refractivity contribution < 1.29 is 17.6 Å². The molecule has 1 aromatic heterocycles. The van der Waals surface area contributed by atoms with Gasteiger partial charge in [-0.15, -0.1) is 0 Å². The minimum atomic E-state index is -2.57. The molecule has 2 amide bonds. The Labute approximate surface area is 174 Å². The number of nitrogens with one attached hydrogen (secondary N) is 2. The fraction of sp³-hybridized carbons (Fsp3) is 0.105. The highest BCUT2D eigenvalue weighted by Crippen LogP contribution is 2.26. The molecular formula is C19H21FN6O3S. The van der Waals surface area contributed by atoms with Gasteiger partial charge in [0.2, 0.25) is 10.9 Å². The van der Waals surface area contributed by atoms with Crippen LogP contribution < -0.4 is 21.5 Å². The van der Waals surface area contributed by atoms with E-state index < -0.39 is 16.9 Å². The van der Waals surface area contributed by atoms with E-state index in [4.69, 9.17) is 5.73 Å². The number of carbonyl (C=O) groups is 1. The molecule has 0 aliphatic carbocycles. The van der Waals surface area contributed by atoms with Gasteiger partial charge in [-0.05, 0) is 23.3 Å². The third-order valence-corrected chi connectivity index (χ3v) is 4.17. The number of nitrogens with zero attached hydrogens (tertiary/aromatic N) is 2. The van der Waals surface area contributed by atoms with Crippen molar-refractivity contribution in [3.63, 3.8) is 0 Å². The molecular weight excluding hydrogens is 411 g/mol. The van der Waals surface area contributed by atoms with Gasteiger partial charge < -0.3 is 16.8 Å². The van der Waals surface area contributed by atoms with Crippen LogP contribution in [0, 0.1) is 5.82 Å². The standard InChI is InChI=1S/C16H12FN3.C3H9N3O3S/c17-14-8-12(11-4-2-1-3-5-11)6-7-13(14)15-9-20-16(18)10-19-15;4-3(7)5-1-2-6-10(8)9/h1-10H,(H2,18,20);10H,1-2H2,(H3,4,5,7)(H,6,8,9). The van der Waals surface area contributed by atoms with Gasteiger partial charge in [0, 0.05) is 18.7 Å². The van der Waals surface area contributed by atoms with E-state index in [-0.39, 0.29) is 18.9 Å². The molecule has 0 saturated carbocycles. The maximum atomic E-state index is 14.2. The predicted molar refractivity (Wildman–Crippen MR) is 113 cm³/mol. The number of carbonyl (C=O) groups excluding carboxylic acids is 1. The lowest BCUT2D eigenvalue weighted by Gasteiger charge is -2.06. The SMILES string of the molecule is NC(=O)NCCN[SH](=O)=O.Nc1cnc(-c2ccc(-c3ccccc3)cc2F)cn1. The first kappa shape index (κ1) is 22.7. The molecule has 2 aromatic carbocycles. The van der Waals surface area contributed by atoms with Crippen molar-refractivity contribution in [1.29, 1.82) is 0 Å². The van der Waals surface area contributed by atoms with Gasteiger partial charge in [0.25, 0.3) is 0 Å². The van der Waals surface area contributed by atoms with Crippen LogP contribution in [0.25, 0.3) is 22.4 Å². The van der Waals surface area contributed by atoms with Crippen molar-refractivity contribution in [3.8, 4) is 22.4 Å². The zero-order valence-electron chi connectivity index (χ0n) is 15.8. The molecule has 0 bridgehead atoms. The van der Waals surface area contributed by atoms with E-state index in [1.807, 2.05) is 36.4 Å². The lowest BCUT2D eigenvalue weighted by molar-refractivity contribution is 0.249. The van der Waals surface area contributed by atoms with Gasteiger partial charge in [0.1, 0.15) is 11.6 Å². The summed E-state index contributed by atoms with van der Waals surface area (Å²) >= 11 is 0. The number of halogens is 1. The summed E-state index contributed by atoms with van der Waals surface area (Å²) in [4.78, 5) is 18.0. The van der Waals surface area contributed by atoms with Crippen molar-refractivity contribution >= 4 is 22.7 Å². The summed E-state index contributed by atoms with van der Waals surface area (Å²) in [6.45, 7) is 0.375. The first-order chi connectivity index (χ1) is 14.4.